The smallest absolute Gasteiger partial charge is 0.180 e. The molecule has 0 saturated carbocycles. The molecule has 0 bridgehead atoms. The maximum absolute atomic E-state index is 13.9. The summed E-state index contributed by atoms with van der Waals surface area (Å²) in [7, 11) is 3.81. The van der Waals surface area contributed by atoms with Crippen molar-refractivity contribution in [3.8, 4) is 11.4 Å². The van der Waals surface area contributed by atoms with E-state index in [9.17, 15) is 4.39 Å². The minimum atomic E-state index is -0.413. The Hall–Kier alpha value is -2.14. The van der Waals surface area contributed by atoms with Gasteiger partial charge in [-0.25, -0.2) is 14.4 Å². The highest BCUT2D eigenvalue weighted by Gasteiger charge is 2.12. The first-order valence-corrected chi connectivity index (χ1v) is 6.42. The molecule has 2 heterocycles. The average Bonchev–Trinajstić information content (AvgIpc) is 2.80. The highest BCUT2D eigenvalue weighted by Crippen LogP contribution is 2.25. The first kappa shape index (κ1) is 12.9. The van der Waals surface area contributed by atoms with Crippen LogP contribution in [0.15, 0.2) is 30.3 Å². The van der Waals surface area contributed by atoms with Gasteiger partial charge in [-0.2, -0.15) is 0 Å². The number of imidazole rings is 1. The highest BCUT2D eigenvalue weighted by molar-refractivity contribution is 6.30. The van der Waals surface area contributed by atoms with E-state index in [1.807, 2.05) is 31.1 Å². The Morgan fingerprint density at radius 2 is 1.95 bits per heavy atom. The quantitative estimate of drug-likeness (QED) is 0.786. The fourth-order valence-electron chi connectivity index (χ4n) is 1.94. The lowest BCUT2D eigenvalue weighted by Gasteiger charge is -2.09. The third kappa shape index (κ3) is 2.20. The number of hydrogen-bond donors (Lipinski definition) is 1. The summed E-state index contributed by atoms with van der Waals surface area (Å²) in [6.07, 6.45) is 0. The number of aromatic amines is 1. The zero-order chi connectivity index (χ0) is 14.3. The number of nitrogens with zero attached hydrogens (tertiary/aromatic N) is 3. The lowest BCUT2D eigenvalue weighted by atomic mass is 10.2. The molecule has 0 aliphatic heterocycles. The van der Waals surface area contributed by atoms with Gasteiger partial charge in [-0.15, -0.1) is 0 Å². The Bertz CT molecular complexity index is 782. The molecule has 0 aliphatic carbocycles. The molecule has 0 aliphatic rings. The first-order chi connectivity index (χ1) is 9.54. The second-order valence-corrected chi connectivity index (χ2v) is 5.08. The Balaban J connectivity index is 2.13. The van der Waals surface area contributed by atoms with Gasteiger partial charge in [-0.1, -0.05) is 11.6 Å². The van der Waals surface area contributed by atoms with Gasteiger partial charge in [0, 0.05) is 19.1 Å². The van der Waals surface area contributed by atoms with Gasteiger partial charge < -0.3 is 9.88 Å². The fraction of sp³-hybridized carbons (Fsp3) is 0.143. The SMILES string of the molecule is CN(C)c1ccc2[nH]c(-c3ccc(Cl)cc3F)nc2n1. The van der Waals surface area contributed by atoms with Gasteiger partial charge in [0.05, 0.1) is 11.1 Å². The van der Waals surface area contributed by atoms with Crippen molar-refractivity contribution in [3.63, 3.8) is 0 Å². The normalized spacial score (nSPS) is 11.0. The van der Waals surface area contributed by atoms with Gasteiger partial charge in [0.1, 0.15) is 17.5 Å². The second kappa shape index (κ2) is 4.76. The van der Waals surface area contributed by atoms with Crippen molar-refractivity contribution in [2.75, 3.05) is 19.0 Å². The van der Waals surface area contributed by atoms with Gasteiger partial charge >= 0.3 is 0 Å². The molecular formula is C14H12ClFN4. The molecule has 20 heavy (non-hydrogen) atoms. The fourth-order valence-corrected chi connectivity index (χ4v) is 2.10. The number of anilines is 1. The maximum atomic E-state index is 13.9. The van der Waals surface area contributed by atoms with Gasteiger partial charge in [-0.05, 0) is 30.3 Å². The minimum Gasteiger partial charge on any atom is -0.363 e. The molecule has 1 aromatic carbocycles. The second-order valence-electron chi connectivity index (χ2n) is 4.64. The number of halogens is 2. The number of H-pyrrole nitrogens is 1. The van der Waals surface area contributed by atoms with E-state index in [0.717, 1.165) is 11.3 Å². The lowest BCUT2D eigenvalue weighted by molar-refractivity contribution is 0.630. The summed E-state index contributed by atoms with van der Waals surface area (Å²) >= 11 is 5.75. The van der Waals surface area contributed by atoms with Crippen molar-refractivity contribution in [2.24, 2.45) is 0 Å². The number of pyridine rings is 1. The van der Waals surface area contributed by atoms with Crippen LogP contribution in [0.25, 0.3) is 22.6 Å². The predicted molar refractivity (Wildman–Crippen MR) is 78.6 cm³/mol. The third-order valence-electron chi connectivity index (χ3n) is 2.98. The molecule has 0 spiro atoms. The number of aromatic nitrogens is 3. The molecule has 102 valence electrons. The van der Waals surface area contributed by atoms with Crippen LogP contribution in [-0.4, -0.2) is 29.0 Å². The minimum absolute atomic E-state index is 0.357. The molecule has 6 heteroatoms. The van der Waals surface area contributed by atoms with Crippen LogP contribution in [0.3, 0.4) is 0 Å². The zero-order valence-corrected chi connectivity index (χ0v) is 11.7. The van der Waals surface area contributed by atoms with E-state index >= 15 is 0 Å². The first-order valence-electron chi connectivity index (χ1n) is 6.04. The standard InChI is InChI=1S/C14H12ClFN4/c1-20(2)12-6-5-11-14(18-12)19-13(17-11)9-4-3-8(15)7-10(9)16/h3-7H,1-2H3,(H,17,18,19). The molecule has 1 N–H and O–H groups in total. The van der Waals surface area contributed by atoms with Crippen molar-refractivity contribution in [1.29, 1.82) is 0 Å². The van der Waals surface area contributed by atoms with E-state index in [4.69, 9.17) is 11.6 Å². The Kier molecular flexibility index (Phi) is 3.06. The van der Waals surface area contributed by atoms with E-state index in [1.165, 1.54) is 6.07 Å². The molecule has 0 amide bonds. The maximum Gasteiger partial charge on any atom is 0.180 e. The number of nitrogens with one attached hydrogen (secondary N) is 1. The summed E-state index contributed by atoms with van der Waals surface area (Å²) in [5.74, 6) is 0.828. The van der Waals surface area contributed by atoms with Crippen molar-refractivity contribution >= 4 is 28.6 Å². The molecule has 3 aromatic rings. The molecule has 2 aromatic heterocycles. The van der Waals surface area contributed by atoms with Crippen LogP contribution in [0.1, 0.15) is 0 Å². The third-order valence-corrected chi connectivity index (χ3v) is 3.21. The monoisotopic (exact) mass is 290 g/mol. The number of hydrogen-bond acceptors (Lipinski definition) is 3. The van der Waals surface area contributed by atoms with Crippen LogP contribution < -0.4 is 4.90 Å². The summed E-state index contributed by atoms with van der Waals surface area (Å²) in [6, 6.07) is 8.25. The molecule has 4 nitrogen and oxygen atoms in total. The molecule has 3 rings (SSSR count). The van der Waals surface area contributed by atoms with Crippen molar-refractivity contribution in [3.05, 3.63) is 41.2 Å². The highest BCUT2D eigenvalue weighted by atomic mass is 35.5. The van der Waals surface area contributed by atoms with Crippen LogP contribution in [-0.2, 0) is 0 Å². The zero-order valence-electron chi connectivity index (χ0n) is 11.0. The van der Waals surface area contributed by atoms with E-state index in [-0.39, 0.29) is 0 Å². The Labute approximate surface area is 120 Å². The lowest BCUT2D eigenvalue weighted by Crippen LogP contribution is -2.10. The predicted octanol–water partition coefficient (Wildman–Crippen LogP) is 3.48. The number of rotatable bonds is 2. The van der Waals surface area contributed by atoms with Crippen molar-refractivity contribution in [1.82, 2.24) is 15.0 Å². The van der Waals surface area contributed by atoms with Gasteiger partial charge in [0.25, 0.3) is 0 Å². The summed E-state index contributed by atoms with van der Waals surface area (Å²) < 4.78 is 13.9. The van der Waals surface area contributed by atoms with E-state index in [1.54, 1.807) is 12.1 Å². The largest absolute Gasteiger partial charge is 0.363 e. The van der Waals surface area contributed by atoms with Crippen LogP contribution >= 0.6 is 11.6 Å². The molecule has 0 atom stereocenters. The Morgan fingerprint density at radius 1 is 1.15 bits per heavy atom. The molecule has 0 fully saturated rings. The van der Waals surface area contributed by atoms with Crippen molar-refractivity contribution in [2.45, 2.75) is 0 Å². The van der Waals surface area contributed by atoms with E-state index in [2.05, 4.69) is 15.0 Å². The van der Waals surface area contributed by atoms with Gasteiger partial charge in [-0.3, -0.25) is 0 Å². The van der Waals surface area contributed by atoms with Gasteiger partial charge in [0.15, 0.2) is 5.65 Å². The molecular weight excluding hydrogens is 279 g/mol. The van der Waals surface area contributed by atoms with Crippen LogP contribution in [0, 0.1) is 5.82 Å². The topological polar surface area (TPSA) is 44.8 Å². The van der Waals surface area contributed by atoms with E-state index in [0.29, 0.717) is 22.1 Å². The van der Waals surface area contributed by atoms with Crippen molar-refractivity contribution < 1.29 is 4.39 Å². The van der Waals surface area contributed by atoms with Crippen LogP contribution in [0.2, 0.25) is 5.02 Å². The summed E-state index contributed by atoms with van der Waals surface area (Å²) in [6.45, 7) is 0. The molecule has 0 saturated heterocycles. The van der Waals surface area contributed by atoms with Crippen LogP contribution in [0.4, 0.5) is 10.2 Å². The summed E-state index contributed by atoms with van der Waals surface area (Å²) in [5.41, 5.74) is 1.69. The summed E-state index contributed by atoms with van der Waals surface area (Å²) in [4.78, 5) is 13.7. The van der Waals surface area contributed by atoms with Crippen LogP contribution in [0.5, 0.6) is 0 Å². The number of benzene rings is 1. The van der Waals surface area contributed by atoms with Gasteiger partial charge in [0.2, 0.25) is 0 Å². The average molecular weight is 291 g/mol. The Morgan fingerprint density at radius 3 is 2.65 bits per heavy atom. The summed E-state index contributed by atoms with van der Waals surface area (Å²) in [5, 5.41) is 0.357. The molecule has 0 unspecified atom stereocenters. The van der Waals surface area contributed by atoms with E-state index < -0.39 is 5.82 Å². The molecule has 0 radical (unpaired) electrons. The number of fused-ring (bicyclic) bond motifs is 1.